The van der Waals surface area contributed by atoms with Crippen molar-refractivity contribution in [2.45, 2.75) is 64.6 Å². The molecule has 5 heteroatoms. The molecule has 1 N–H and O–H groups in total. The third-order valence-corrected chi connectivity index (χ3v) is 4.37. The lowest BCUT2D eigenvalue weighted by Gasteiger charge is -2.35. The Morgan fingerprint density at radius 1 is 1.29 bits per heavy atom. The number of nitrogens with one attached hydrogen (secondary N) is 1. The molecule has 24 heavy (non-hydrogen) atoms. The Kier molecular flexibility index (Phi) is 6.53. The second-order valence-electron chi connectivity index (χ2n) is 7.64. The largest absolute Gasteiger partial charge is 0.444 e. The molecule has 1 saturated heterocycles. The van der Waals surface area contributed by atoms with Gasteiger partial charge in [0.25, 0.3) is 0 Å². The number of hydrogen-bond acceptors (Lipinski definition) is 3. The monoisotopic (exact) mass is 352 g/mol. The number of piperidine rings is 1. The Morgan fingerprint density at radius 2 is 1.88 bits per heavy atom. The van der Waals surface area contributed by atoms with E-state index in [1.54, 1.807) is 0 Å². The van der Waals surface area contributed by atoms with Crippen LogP contribution in [-0.4, -0.2) is 41.8 Å². The van der Waals surface area contributed by atoms with Gasteiger partial charge in [0.1, 0.15) is 5.60 Å². The fourth-order valence-corrected chi connectivity index (χ4v) is 3.12. The van der Waals surface area contributed by atoms with E-state index in [0.29, 0.717) is 12.1 Å². The third kappa shape index (κ3) is 6.33. The minimum absolute atomic E-state index is 0.199. The summed E-state index contributed by atoms with van der Waals surface area (Å²) in [5.41, 5.74) is 0.852. The number of halogens is 1. The third-order valence-electron chi connectivity index (χ3n) is 4.12. The Labute approximate surface area is 150 Å². The maximum absolute atomic E-state index is 12.1. The molecule has 1 aromatic carbocycles. The van der Waals surface area contributed by atoms with Gasteiger partial charge in [-0.25, -0.2) is 4.79 Å². The van der Waals surface area contributed by atoms with Crippen molar-refractivity contribution >= 4 is 17.7 Å². The molecule has 1 aromatic rings. The molecule has 1 fully saturated rings. The lowest BCUT2D eigenvalue weighted by Crippen LogP contribution is -2.48. The molecule has 1 amide bonds. The second-order valence-corrected chi connectivity index (χ2v) is 8.08. The summed E-state index contributed by atoms with van der Waals surface area (Å²) in [7, 11) is 0. The van der Waals surface area contributed by atoms with Gasteiger partial charge in [-0.2, -0.15) is 0 Å². The van der Waals surface area contributed by atoms with Gasteiger partial charge in [-0.1, -0.05) is 23.7 Å². The number of carbonyl (C=O) groups is 1. The summed E-state index contributed by atoms with van der Waals surface area (Å²) in [4.78, 5) is 13.9. The number of hydrogen-bond donors (Lipinski definition) is 1. The number of carbonyl (C=O) groups excluding carboxylic acids is 1. The zero-order valence-corrected chi connectivity index (χ0v) is 15.9. The molecule has 1 aliphatic heterocycles. The summed E-state index contributed by atoms with van der Waals surface area (Å²) in [6.45, 7) is 9.41. The number of rotatable bonds is 4. The van der Waals surface area contributed by atoms with E-state index in [-0.39, 0.29) is 6.09 Å². The zero-order valence-electron chi connectivity index (χ0n) is 15.1. The Hall–Kier alpha value is -1.26. The molecule has 0 radical (unpaired) electrons. The number of ether oxygens (including phenoxy) is 1. The van der Waals surface area contributed by atoms with Gasteiger partial charge in [-0.05, 0) is 64.7 Å². The lowest BCUT2D eigenvalue weighted by molar-refractivity contribution is 0.0196. The van der Waals surface area contributed by atoms with Crippen LogP contribution in [0.5, 0.6) is 0 Å². The quantitative estimate of drug-likeness (QED) is 0.880. The standard InChI is InChI=1S/C19H29ClN2O2/c1-14(13-15-5-7-16(20)8-6-15)21-17-9-11-22(12-10-17)18(23)24-19(2,3)4/h5-8,14,17,21H,9-13H2,1-4H3/t14-/m1/s1. The lowest BCUT2D eigenvalue weighted by atomic mass is 10.0. The first-order valence-corrected chi connectivity index (χ1v) is 9.09. The predicted molar refractivity (Wildman–Crippen MR) is 98.6 cm³/mol. The molecule has 0 saturated carbocycles. The summed E-state index contributed by atoms with van der Waals surface area (Å²) in [5.74, 6) is 0. The average Bonchev–Trinajstić information content (AvgIpc) is 2.48. The molecule has 1 aliphatic rings. The van der Waals surface area contributed by atoms with Crippen molar-refractivity contribution in [1.82, 2.24) is 10.2 Å². The Bertz CT molecular complexity index is 531. The zero-order chi connectivity index (χ0) is 17.7. The van der Waals surface area contributed by atoms with Gasteiger partial charge < -0.3 is 15.0 Å². The normalized spacial score (nSPS) is 17.6. The fraction of sp³-hybridized carbons (Fsp3) is 0.632. The highest BCUT2D eigenvalue weighted by Crippen LogP contribution is 2.17. The molecule has 0 aromatic heterocycles. The van der Waals surface area contributed by atoms with Crippen LogP contribution in [0.4, 0.5) is 4.79 Å². The molecular weight excluding hydrogens is 324 g/mol. The fourth-order valence-electron chi connectivity index (χ4n) is 2.99. The number of likely N-dealkylation sites (tertiary alicyclic amines) is 1. The highest BCUT2D eigenvalue weighted by Gasteiger charge is 2.27. The van der Waals surface area contributed by atoms with Crippen molar-refractivity contribution < 1.29 is 9.53 Å². The van der Waals surface area contributed by atoms with Gasteiger partial charge in [-0.3, -0.25) is 0 Å². The van der Waals surface area contributed by atoms with Crippen LogP contribution in [0.15, 0.2) is 24.3 Å². The van der Waals surface area contributed by atoms with Crippen molar-refractivity contribution in [3.63, 3.8) is 0 Å². The molecule has 2 rings (SSSR count). The maximum atomic E-state index is 12.1. The first-order valence-electron chi connectivity index (χ1n) is 8.71. The van der Waals surface area contributed by atoms with Crippen LogP contribution in [0.2, 0.25) is 5.02 Å². The van der Waals surface area contributed by atoms with Gasteiger partial charge in [0.2, 0.25) is 0 Å². The van der Waals surface area contributed by atoms with Crippen molar-refractivity contribution in [1.29, 1.82) is 0 Å². The van der Waals surface area contributed by atoms with Crippen molar-refractivity contribution in [2.75, 3.05) is 13.1 Å². The van der Waals surface area contributed by atoms with E-state index >= 15 is 0 Å². The van der Waals surface area contributed by atoms with E-state index in [4.69, 9.17) is 16.3 Å². The van der Waals surface area contributed by atoms with E-state index in [9.17, 15) is 4.79 Å². The summed E-state index contributed by atoms with van der Waals surface area (Å²) < 4.78 is 5.44. The molecule has 1 atom stereocenters. The highest BCUT2D eigenvalue weighted by atomic mass is 35.5. The van der Waals surface area contributed by atoms with Crippen molar-refractivity contribution in [3.8, 4) is 0 Å². The number of benzene rings is 1. The van der Waals surface area contributed by atoms with Crippen LogP contribution < -0.4 is 5.32 Å². The molecule has 0 unspecified atom stereocenters. The summed E-state index contributed by atoms with van der Waals surface area (Å²) >= 11 is 5.93. The average molecular weight is 353 g/mol. The smallest absolute Gasteiger partial charge is 0.410 e. The van der Waals surface area contributed by atoms with Crippen LogP contribution in [0.25, 0.3) is 0 Å². The molecular formula is C19H29ClN2O2. The molecule has 4 nitrogen and oxygen atoms in total. The Morgan fingerprint density at radius 3 is 2.42 bits per heavy atom. The van der Waals surface area contributed by atoms with Crippen molar-refractivity contribution in [3.05, 3.63) is 34.9 Å². The van der Waals surface area contributed by atoms with Crippen LogP contribution >= 0.6 is 11.6 Å². The number of amides is 1. The van der Waals surface area contributed by atoms with Crippen molar-refractivity contribution in [2.24, 2.45) is 0 Å². The molecule has 1 heterocycles. The molecule has 0 spiro atoms. The van der Waals surface area contributed by atoms with Gasteiger partial charge >= 0.3 is 6.09 Å². The van der Waals surface area contributed by atoms with Gasteiger partial charge in [-0.15, -0.1) is 0 Å². The first-order chi connectivity index (χ1) is 11.2. The Balaban J connectivity index is 1.74. The number of nitrogens with zero attached hydrogens (tertiary/aromatic N) is 1. The second kappa shape index (κ2) is 8.21. The summed E-state index contributed by atoms with van der Waals surface area (Å²) in [6.07, 6.45) is 2.70. The minimum Gasteiger partial charge on any atom is -0.444 e. The minimum atomic E-state index is -0.431. The molecule has 0 bridgehead atoms. The first kappa shape index (κ1) is 19.1. The van der Waals surface area contributed by atoms with Crippen LogP contribution in [0.3, 0.4) is 0 Å². The van der Waals surface area contributed by atoms with Gasteiger partial charge in [0.15, 0.2) is 0 Å². The summed E-state index contributed by atoms with van der Waals surface area (Å²) in [5, 5.41) is 4.45. The summed E-state index contributed by atoms with van der Waals surface area (Å²) in [6, 6.07) is 8.86. The van der Waals surface area contributed by atoms with E-state index in [1.807, 2.05) is 37.8 Å². The van der Waals surface area contributed by atoms with Gasteiger partial charge in [0.05, 0.1) is 0 Å². The van der Waals surface area contributed by atoms with Crippen LogP contribution in [0, 0.1) is 0 Å². The van der Waals surface area contributed by atoms with E-state index in [0.717, 1.165) is 37.4 Å². The highest BCUT2D eigenvalue weighted by molar-refractivity contribution is 6.30. The van der Waals surface area contributed by atoms with E-state index in [2.05, 4.69) is 24.4 Å². The van der Waals surface area contributed by atoms with Crippen LogP contribution in [0.1, 0.15) is 46.1 Å². The van der Waals surface area contributed by atoms with E-state index < -0.39 is 5.60 Å². The topological polar surface area (TPSA) is 41.6 Å². The SMILES string of the molecule is C[C@H](Cc1ccc(Cl)cc1)NC1CCN(C(=O)OC(C)(C)C)CC1. The maximum Gasteiger partial charge on any atom is 0.410 e. The van der Waals surface area contributed by atoms with Gasteiger partial charge in [0, 0.05) is 30.2 Å². The van der Waals surface area contributed by atoms with Crippen LogP contribution in [-0.2, 0) is 11.2 Å². The molecule has 0 aliphatic carbocycles. The molecule has 134 valence electrons. The predicted octanol–water partition coefficient (Wildman–Crippen LogP) is 4.26. The van der Waals surface area contributed by atoms with E-state index in [1.165, 1.54) is 5.56 Å².